The highest BCUT2D eigenvalue weighted by Crippen LogP contribution is 2.27. The van der Waals surface area contributed by atoms with Gasteiger partial charge in [0.15, 0.2) is 0 Å². The second-order valence-electron chi connectivity index (χ2n) is 4.31. The Labute approximate surface area is 131 Å². The third-order valence-corrected chi connectivity index (χ3v) is 3.62. The molecule has 0 saturated carbocycles. The maximum Gasteiger partial charge on any atom is 0.129 e. The molecule has 0 radical (unpaired) electrons. The number of oxime groups is 1. The highest BCUT2D eigenvalue weighted by atomic mass is 35.5. The van der Waals surface area contributed by atoms with E-state index >= 15 is 0 Å². The van der Waals surface area contributed by atoms with Crippen LogP contribution >= 0.6 is 23.2 Å². The average molecular weight is 328 g/mol. The molecule has 0 bridgehead atoms. The van der Waals surface area contributed by atoms with Crippen LogP contribution < -0.4 is 4.74 Å². The van der Waals surface area contributed by atoms with Crippen molar-refractivity contribution in [1.29, 1.82) is 0 Å². The highest BCUT2D eigenvalue weighted by molar-refractivity contribution is 6.35. The van der Waals surface area contributed by atoms with Crippen molar-refractivity contribution < 1.29 is 14.3 Å². The van der Waals surface area contributed by atoms with Crippen LogP contribution in [0.4, 0.5) is 4.39 Å². The van der Waals surface area contributed by atoms with Gasteiger partial charge in [-0.15, -0.1) is 0 Å². The maximum absolute atomic E-state index is 13.3. The number of benzene rings is 2. The molecule has 0 spiro atoms. The Bertz CT molecular complexity index is 669. The third-order valence-electron chi connectivity index (χ3n) is 2.92. The summed E-state index contributed by atoms with van der Waals surface area (Å²) in [6.07, 6.45) is 0. The molecule has 0 aromatic heterocycles. The topological polar surface area (TPSA) is 41.8 Å². The zero-order valence-electron chi connectivity index (χ0n) is 11.1. The van der Waals surface area contributed by atoms with Gasteiger partial charge in [0, 0.05) is 21.2 Å². The van der Waals surface area contributed by atoms with Crippen molar-refractivity contribution in [2.75, 3.05) is 0 Å². The Hall–Kier alpha value is -1.78. The summed E-state index contributed by atoms with van der Waals surface area (Å²) in [6, 6.07) is 9.11. The van der Waals surface area contributed by atoms with Crippen molar-refractivity contribution >= 4 is 28.9 Å². The van der Waals surface area contributed by atoms with E-state index in [-0.39, 0.29) is 12.3 Å². The van der Waals surface area contributed by atoms with E-state index in [0.29, 0.717) is 26.9 Å². The van der Waals surface area contributed by atoms with Gasteiger partial charge in [-0.1, -0.05) is 34.4 Å². The third kappa shape index (κ3) is 3.65. The predicted octanol–water partition coefficient (Wildman–Crippen LogP) is 4.91. The van der Waals surface area contributed by atoms with Gasteiger partial charge < -0.3 is 9.94 Å². The summed E-state index contributed by atoms with van der Waals surface area (Å²) in [5.74, 6) is -0.0705. The molecule has 0 amide bonds. The molecule has 6 heteroatoms. The molecule has 0 aliphatic carbocycles. The molecule has 0 fully saturated rings. The van der Waals surface area contributed by atoms with E-state index in [0.717, 1.165) is 0 Å². The lowest BCUT2D eigenvalue weighted by atomic mass is 10.1. The van der Waals surface area contributed by atoms with Crippen molar-refractivity contribution in [2.24, 2.45) is 5.16 Å². The zero-order chi connectivity index (χ0) is 15.4. The second kappa shape index (κ2) is 6.78. The number of hydrogen-bond acceptors (Lipinski definition) is 3. The fourth-order valence-electron chi connectivity index (χ4n) is 1.78. The molecule has 0 saturated heterocycles. The largest absolute Gasteiger partial charge is 0.488 e. The molecule has 0 heterocycles. The van der Waals surface area contributed by atoms with Crippen LogP contribution in [0.2, 0.25) is 10.0 Å². The fraction of sp³-hybridized carbons (Fsp3) is 0.133. The first-order valence-corrected chi connectivity index (χ1v) is 6.82. The summed E-state index contributed by atoms with van der Waals surface area (Å²) in [6.45, 7) is 1.67. The number of ether oxygens (including phenoxy) is 1. The number of hydrogen-bond donors (Lipinski definition) is 1. The summed E-state index contributed by atoms with van der Waals surface area (Å²) in [5.41, 5.74) is 1.24. The first kappa shape index (κ1) is 15.6. The minimum atomic E-state index is -0.448. The van der Waals surface area contributed by atoms with Crippen molar-refractivity contribution in [3.63, 3.8) is 0 Å². The van der Waals surface area contributed by atoms with E-state index in [9.17, 15) is 4.39 Å². The van der Waals surface area contributed by atoms with Gasteiger partial charge in [-0.05, 0) is 37.3 Å². The van der Waals surface area contributed by atoms with Crippen LogP contribution in [0.3, 0.4) is 0 Å². The average Bonchev–Trinajstić information content (AvgIpc) is 2.47. The molecule has 2 aromatic rings. The molecule has 21 heavy (non-hydrogen) atoms. The first-order valence-electron chi connectivity index (χ1n) is 6.07. The van der Waals surface area contributed by atoms with Gasteiger partial charge in [0.05, 0.1) is 5.71 Å². The van der Waals surface area contributed by atoms with E-state index < -0.39 is 5.82 Å². The zero-order valence-corrected chi connectivity index (χ0v) is 12.6. The molecular formula is C15H12Cl2FNO2. The molecule has 1 N–H and O–H groups in total. The van der Waals surface area contributed by atoms with E-state index in [2.05, 4.69) is 5.16 Å². The molecule has 0 aliphatic heterocycles. The van der Waals surface area contributed by atoms with Gasteiger partial charge in [-0.25, -0.2) is 4.39 Å². The normalized spacial score (nSPS) is 11.5. The summed E-state index contributed by atoms with van der Waals surface area (Å²) < 4.78 is 18.9. The highest BCUT2D eigenvalue weighted by Gasteiger charge is 2.11. The summed E-state index contributed by atoms with van der Waals surface area (Å²) in [5, 5.41) is 12.9. The summed E-state index contributed by atoms with van der Waals surface area (Å²) in [4.78, 5) is 0. The van der Waals surface area contributed by atoms with Gasteiger partial charge in [0.25, 0.3) is 0 Å². The SMILES string of the molecule is C/C(=N/O)c1cc(F)ccc1OCc1c(Cl)cccc1Cl. The van der Waals surface area contributed by atoms with Crippen molar-refractivity contribution in [2.45, 2.75) is 13.5 Å². The van der Waals surface area contributed by atoms with Crippen molar-refractivity contribution in [3.05, 3.63) is 63.4 Å². The number of rotatable bonds is 4. The van der Waals surface area contributed by atoms with Gasteiger partial charge in [0.1, 0.15) is 18.2 Å². The van der Waals surface area contributed by atoms with Crippen LogP contribution in [0.15, 0.2) is 41.6 Å². The Kier molecular flexibility index (Phi) is 5.04. The summed E-state index contributed by atoms with van der Waals surface area (Å²) >= 11 is 12.1. The molecule has 2 aromatic carbocycles. The standard InChI is InChI=1S/C15H12Cl2FNO2/c1-9(19-20)11-7-10(18)5-6-15(11)21-8-12-13(16)3-2-4-14(12)17/h2-7,20H,8H2,1H3/b19-9-. The molecule has 0 atom stereocenters. The number of nitrogens with zero attached hydrogens (tertiary/aromatic N) is 1. The lowest BCUT2D eigenvalue weighted by molar-refractivity contribution is 0.303. The molecule has 0 unspecified atom stereocenters. The van der Waals surface area contributed by atoms with E-state index in [1.165, 1.54) is 18.2 Å². The van der Waals surface area contributed by atoms with Crippen molar-refractivity contribution in [1.82, 2.24) is 0 Å². The lowest BCUT2D eigenvalue weighted by Gasteiger charge is -2.12. The van der Waals surface area contributed by atoms with E-state index in [4.69, 9.17) is 33.1 Å². The Morgan fingerprint density at radius 1 is 1.24 bits per heavy atom. The van der Waals surface area contributed by atoms with Crippen LogP contribution in [0.5, 0.6) is 5.75 Å². The maximum atomic E-state index is 13.3. The number of halogens is 3. The van der Waals surface area contributed by atoms with Crippen LogP contribution in [-0.2, 0) is 6.61 Å². The van der Waals surface area contributed by atoms with Gasteiger partial charge in [-0.3, -0.25) is 0 Å². The smallest absolute Gasteiger partial charge is 0.129 e. The van der Waals surface area contributed by atoms with Crippen LogP contribution in [-0.4, -0.2) is 10.9 Å². The molecule has 110 valence electrons. The van der Waals surface area contributed by atoms with Crippen LogP contribution in [0.1, 0.15) is 18.1 Å². The predicted molar refractivity (Wildman–Crippen MR) is 81.2 cm³/mol. The Morgan fingerprint density at radius 3 is 2.52 bits per heavy atom. The molecule has 2 rings (SSSR count). The monoisotopic (exact) mass is 327 g/mol. The minimum Gasteiger partial charge on any atom is -0.488 e. The minimum absolute atomic E-state index is 0.121. The Morgan fingerprint density at radius 2 is 1.90 bits per heavy atom. The lowest BCUT2D eigenvalue weighted by Crippen LogP contribution is -2.04. The first-order chi connectivity index (χ1) is 10.0. The second-order valence-corrected chi connectivity index (χ2v) is 5.13. The van der Waals surface area contributed by atoms with E-state index in [1.54, 1.807) is 25.1 Å². The van der Waals surface area contributed by atoms with Crippen LogP contribution in [0, 0.1) is 5.82 Å². The van der Waals surface area contributed by atoms with Gasteiger partial charge in [0.2, 0.25) is 0 Å². The van der Waals surface area contributed by atoms with E-state index in [1.807, 2.05) is 0 Å². The van der Waals surface area contributed by atoms with Crippen molar-refractivity contribution in [3.8, 4) is 5.75 Å². The quantitative estimate of drug-likeness (QED) is 0.492. The molecule has 0 aliphatic rings. The molecular weight excluding hydrogens is 316 g/mol. The molecule has 3 nitrogen and oxygen atoms in total. The summed E-state index contributed by atoms with van der Waals surface area (Å²) in [7, 11) is 0. The van der Waals surface area contributed by atoms with Crippen LogP contribution in [0.25, 0.3) is 0 Å². The van der Waals surface area contributed by atoms with Gasteiger partial charge in [-0.2, -0.15) is 0 Å². The Balaban J connectivity index is 2.28. The van der Waals surface area contributed by atoms with Gasteiger partial charge >= 0.3 is 0 Å². The fourth-order valence-corrected chi connectivity index (χ4v) is 2.29.